The molecule has 0 spiro atoms. The first-order chi connectivity index (χ1) is 14.3. The lowest BCUT2D eigenvalue weighted by Gasteiger charge is -2.22. The average Bonchev–Trinajstić information content (AvgIpc) is 2.59. The van der Waals surface area contributed by atoms with E-state index in [-0.39, 0.29) is 30.5 Å². The normalized spacial score (nSPS) is 13.0. The van der Waals surface area contributed by atoms with E-state index in [4.69, 9.17) is 14.2 Å². The predicted octanol–water partition coefficient (Wildman–Crippen LogP) is 2.94. The van der Waals surface area contributed by atoms with Crippen LogP contribution in [0.25, 0.3) is 0 Å². The second-order valence-electron chi connectivity index (χ2n) is 11.0. The molecule has 0 bridgehead atoms. The highest BCUT2D eigenvalue weighted by Gasteiger charge is 2.28. The van der Waals surface area contributed by atoms with Gasteiger partial charge in [-0.15, -0.1) is 0 Å². The van der Waals surface area contributed by atoms with Crippen molar-refractivity contribution in [2.45, 2.75) is 87.6 Å². The van der Waals surface area contributed by atoms with Crippen molar-refractivity contribution >= 4 is 29.6 Å². The summed E-state index contributed by atoms with van der Waals surface area (Å²) in [5.41, 5.74) is -1.67. The Bertz CT molecular complexity index is 692. The molecule has 9 heteroatoms. The minimum Gasteiger partial charge on any atom is -0.463 e. The fourth-order valence-corrected chi connectivity index (χ4v) is 2.19. The van der Waals surface area contributed by atoms with Crippen molar-refractivity contribution < 1.29 is 38.2 Å². The maximum Gasteiger partial charge on any atom is 0.335 e. The first kappa shape index (κ1) is 29.5. The standard InChI is InChI=1S/C23H39NO8/c1-21(2,3)12-17(26)24-15(19(28)31-14-32-20(29)23(7,8)9)13-30-18(27)11-10-16(25)22(4,5)6/h15H,10-14H2,1-9H3,(H,24,26). The Hall–Kier alpha value is -2.45. The zero-order valence-electron chi connectivity index (χ0n) is 20.9. The fraction of sp³-hybridized carbons (Fsp3) is 0.783. The number of amides is 1. The number of esters is 3. The Labute approximate surface area is 190 Å². The highest BCUT2D eigenvalue weighted by Crippen LogP contribution is 2.19. The van der Waals surface area contributed by atoms with E-state index in [0.29, 0.717) is 0 Å². The molecule has 0 aliphatic carbocycles. The van der Waals surface area contributed by atoms with Crippen molar-refractivity contribution in [2.24, 2.45) is 16.2 Å². The first-order valence-electron chi connectivity index (χ1n) is 10.6. The number of hydrogen-bond donors (Lipinski definition) is 1. The summed E-state index contributed by atoms with van der Waals surface area (Å²) in [5.74, 6) is -2.67. The van der Waals surface area contributed by atoms with E-state index < -0.39 is 54.1 Å². The molecule has 0 saturated heterocycles. The van der Waals surface area contributed by atoms with Gasteiger partial charge in [-0.25, -0.2) is 4.79 Å². The topological polar surface area (TPSA) is 125 Å². The number of ketones is 1. The molecule has 0 heterocycles. The molecule has 0 aliphatic rings. The number of carbonyl (C=O) groups excluding carboxylic acids is 5. The molecule has 0 saturated carbocycles. The molecule has 184 valence electrons. The molecule has 1 unspecified atom stereocenters. The number of rotatable bonds is 10. The number of ether oxygens (including phenoxy) is 3. The molecule has 0 radical (unpaired) electrons. The minimum absolute atomic E-state index is 0.0105. The number of Topliss-reactive ketones (excluding diaryl/α,β-unsaturated/α-hetero) is 1. The van der Waals surface area contributed by atoms with Gasteiger partial charge in [-0.2, -0.15) is 0 Å². The maximum atomic E-state index is 12.4. The third kappa shape index (κ3) is 13.1. The van der Waals surface area contributed by atoms with Gasteiger partial charge in [-0.05, 0) is 26.2 Å². The van der Waals surface area contributed by atoms with Gasteiger partial charge in [0.05, 0.1) is 11.8 Å². The molecule has 1 N–H and O–H groups in total. The van der Waals surface area contributed by atoms with Crippen LogP contribution in [0.5, 0.6) is 0 Å². The first-order valence-corrected chi connectivity index (χ1v) is 10.6. The van der Waals surface area contributed by atoms with E-state index in [2.05, 4.69) is 5.32 Å². The quantitative estimate of drug-likeness (QED) is 0.392. The molecular weight excluding hydrogens is 418 g/mol. The second kappa shape index (κ2) is 12.0. The lowest BCUT2D eigenvalue weighted by molar-refractivity contribution is -0.175. The molecule has 0 aromatic rings. The highest BCUT2D eigenvalue weighted by molar-refractivity contribution is 5.87. The highest BCUT2D eigenvalue weighted by atomic mass is 16.7. The van der Waals surface area contributed by atoms with E-state index >= 15 is 0 Å². The smallest absolute Gasteiger partial charge is 0.335 e. The number of carbonyl (C=O) groups is 5. The van der Waals surface area contributed by atoms with Crippen LogP contribution in [0.1, 0.15) is 81.6 Å². The number of nitrogens with one attached hydrogen (secondary N) is 1. The third-order valence-electron chi connectivity index (χ3n) is 4.12. The molecule has 1 amide bonds. The van der Waals surface area contributed by atoms with Gasteiger partial charge in [-0.1, -0.05) is 41.5 Å². The van der Waals surface area contributed by atoms with Crippen LogP contribution in [-0.2, 0) is 38.2 Å². The van der Waals surface area contributed by atoms with Crippen molar-refractivity contribution in [3.05, 3.63) is 0 Å². The van der Waals surface area contributed by atoms with Gasteiger partial charge in [0, 0.05) is 18.3 Å². The van der Waals surface area contributed by atoms with Gasteiger partial charge in [0.2, 0.25) is 12.7 Å². The van der Waals surface area contributed by atoms with Crippen molar-refractivity contribution in [1.82, 2.24) is 5.32 Å². The van der Waals surface area contributed by atoms with Gasteiger partial charge >= 0.3 is 17.9 Å². The summed E-state index contributed by atoms with van der Waals surface area (Å²) in [6.45, 7) is 14.7. The Morgan fingerprint density at radius 1 is 0.750 bits per heavy atom. The van der Waals surface area contributed by atoms with Gasteiger partial charge in [0.1, 0.15) is 12.4 Å². The van der Waals surface area contributed by atoms with Crippen LogP contribution in [0.15, 0.2) is 0 Å². The Kier molecular flexibility index (Phi) is 11.1. The largest absolute Gasteiger partial charge is 0.463 e. The van der Waals surface area contributed by atoms with Gasteiger partial charge in [0.25, 0.3) is 0 Å². The predicted molar refractivity (Wildman–Crippen MR) is 117 cm³/mol. The molecule has 0 fully saturated rings. The van der Waals surface area contributed by atoms with Gasteiger partial charge in [0.15, 0.2) is 6.04 Å². The van der Waals surface area contributed by atoms with Crippen LogP contribution in [-0.4, -0.2) is 49.0 Å². The molecule has 1 atom stereocenters. The minimum atomic E-state index is -1.28. The van der Waals surface area contributed by atoms with E-state index in [0.717, 1.165) is 0 Å². The van der Waals surface area contributed by atoms with Gasteiger partial charge in [-0.3, -0.25) is 19.2 Å². The van der Waals surface area contributed by atoms with Crippen molar-refractivity contribution in [3.8, 4) is 0 Å². The van der Waals surface area contributed by atoms with Gasteiger partial charge < -0.3 is 19.5 Å². The lowest BCUT2D eigenvalue weighted by atomic mass is 9.88. The number of hydrogen-bond acceptors (Lipinski definition) is 8. The summed E-state index contributed by atoms with van der Waals surface area (Å²) in [6, 6.07) is -1.28. The van der Waals surface area contributed by atoms with Crippen LogP contribution in [0.4, 0.5) is 0 Å². The van der Waals surface area contributed by atoms with Crippen LogP contribution in [0, 0.1) is 16.2 Å². The lowest BCUT2D eigenvalue weighted by Crippen LogP contribution is -2.46. The van der Waals surface area contributed by atoms with Crippen molar-refractivity contribution in [2.75, 3.05) is 13.4 Å². The Balaban J connectivity index is 4.94. The van der Waals surface area contributed by atoms with Crippen molar-refractivity contribution in [1.29, 1.82) is 0 Å². The third-order valence-corrected chi connectivity index (χ3v) is 4.12. The fourth-order valence-electron chi connectivity index (χ4n) is 2.19. The van der Waals surface area contributed by atoms with E-state index in [1.807, 2.05) is 20.8 Å². The zero-order valence-corrected chi connectivity index (χ0v) is 20.9. The summed E-state index contributed by atoms with van der Waals surface area (Å²) >= 11 is 0. The second-order valence-corrected chi connectivity index (χ2v) is 11.0. The summed E-state index contributed by atoms with van der Waals surface area (Å²) in [7, 11) is 0. The van der Waals surface area contributed by atoms with E-state index in [9.17, 15) is 24.0 Å². The summed E-state index contributed by atoms with van der Waals surface area (Å²) in [6.07, 6.45) is -0.00257. The molecule has 9 nitrogen and oxygen atoms in total. The molecule has 0 aromatic carbocycles. The molecule has 0 rings (SSSR count). The van der Waals surface area contributed by atoms with Crippen LogP contribution in [0.3, 0.4) is 0 Å². The van der Waals surface area contributed by atoms with E-state index in [1.54, 1.807) is 41.5 Å². The van der Waals surface area contributed by atoms with Crippen LogP contribution >= 0.6 is 0 Å². The molecule has 0 aromatic heterocycles. The van der Waals surface area contributed by atoms with Crippen LogP contribution in [0.2, 0.25) is 0 Å². The molecule has 32 heavy (non-hydrogen) atoms. The summed E-state index contributed by atoms with van der Waals surface area (Å²) in [4.78, 5) is 60.4. The molecular formula is C23H39NO8. The van der Waals surface area contributed by atoms with E-state index in [1.165, 1.54) is 0 Å². The SMILES string of the molecule is CC(C)(C)CC(=O)NC(COC(=O)CCC(=O)C(C)(C)C)C(=O)OCOC(=O)C(C)(C)C. The Morgan fingerprint density at radius 3 is 1.78 bits per heavy atom. The average molecular weight is 458 g/mol. The van der Waals surface area contributed by atoms with Crippen molar-refractivity contribution in [3.63, 3.8) is 0 Å². The summed E-state index contributed by atoms with van der Waals surface area (Å²) < 4.78 is 14.9. The Morgan fingerprint density at radius 2 is 1.31 bits per heavy atom. The van der Waals surface area contributed by atoms with Crippen LogP contribution < -0.4 is 5.32 Å². The maximum absolute atomic E-state index is 12.4. The molecule has 0 aliphatic heterocycles. The zero-order chi connectivity index (χ0) is 25.3. The monoisotopic (exact) mass is 457 g/mol. The summed E-state index contributed by atoms with van der Waals surface area (Å²) in [5, 5.41) is 2.49.